The topological polar surface area (TPSA) is 129 Å². The number of unbranched alkanes of at least 4 members (excludes halogenated alkanes) is 1. The maximum Gasteiger partial charge on any atom is 0.345 e. The molecular weight excluding hydrogens is 386 g/mol. The molecule has 0 atom stereocenters. The number of hydrogen-bond donors (Lipinski definition) is 2. The number of benzene rings is 1. The van der Waals surface area contributed by atoms with E-state index in [1.54, 1.807) is 35.0 Å². The van der Waals surface area contributed by atoms with Gasteiger partial charge in [-0.15, -0.1) is 0 Å². The number of aromatic nitrogens is 3. The summed E-state index contributed by atoms with van der Waals surface area (Å²) in [5, 5.41) is 3.59. The Morgan fingerprint density at radius 3 is 2.67 bits per heavy atom. The van der Waals surface area contributed by atoms with Gasteiger partial charge in [0, 0.05) is 12.7 Å². The first-order valence-electron chi connectivity index (χ1n) is 9.59. The van der Waals surface area contributed by atoms with Crippen LogP contribution in [0.4, 0.5) is 11.8 Å². The van der Waals surface area contributed by atoms with Gasteiger partial charge in [-0.2, -0.15) is 4.98 Å². The molecule has 0 saturated heterocycles. The number of carbonyl (C=O) groups is 2. The second kappa shape index (κ2) is 9.17. The predicted molar refractivity (Wildman–Crippen MR) is 113 cm³/mol. The third-order valence-corrected chi connectivity index (χ3v) is 4.64. The molecule has 3 rings (SSSR count). The molecule has 1 aromatic carbocycles. The molecule has 0 aliphatic rings. The quantitative estimate of drug-likeness (QED) is 0.251. The minimum atomic E-state index is -0.729. The van der Waals surface area contributed by atoms with Gasteiger partial charge in [0.2, 0.25) is 5.95 Å². The number of fused-ring (bicyclic) bond motifs is 1. The van der Waals surface area contributed by atoms with Crippen molar-refractivity contribution in [3.8, 4) is 0 Å². The van der Waals surface area contributed by atoms with Crippen LogP contribution in [-0.4, -0.2) is 33.5 Å². The Hall–Kier alpha value is -3.75. The zero-order chi connectivity index (χ0) is 21.7. The van der Waals surface area contributed by atoms with E-state index in [1.807, 2.05) is 6.92 Å². The minimum Gasteiger partial charge on any atom is -0.392 e. The van der Waals surface area contributed by atoms with Crippen LogP contribution in [0.25, 0.3) is 10.9 Å². The average molecular weight is 409 g/mol. The van der Waals surface area contributed by atoms with Crippen LogP contribution in [0.15, 0.2) is 35.3 Å². The van der Waals surface area contributed by atoms with Crippen molar-refractivity contribution in [1.29, 1.82) is 0 Å². The first-order valence-corrected chi connectivity index (χ1v) is 9.59. The Labute approximate surface area is 172 Å². The second-order valence-corrected chi connectivity index (χ2v) is 6.88. The number of hydrogen-bond acceptors (Lipinski definition) is 8. The maximum absolute atomic E-state index is 13.2. The van der Waals surface area contributed by atoms with E-state index >= 15 is 0 Å². The van der Waals surface area contributed by atoms with Crippen LogP contribution < -0.4 is 16.6 Å². The molecular formula is C21H23N5O4. The van der Waals surface area contributed by atoms with Crippen LogP contribution in [-0.2, 0) is 16.1 Å². The van der Waals surface area contributed by atoms with Crippen molar-refractivity contribution in [1.82, 2.24) is 14.5 Å². The highest BCUT2D eigenvalue weighted by molar-refractivity contribution is 5.93. The monoisotopic (exact) mass is 409 g/mol. The van der Waals surface area contributed by atoms with Crippen LogP contribution in [0.3, 0.4) is 0 Å². The van der Waals surface area contributed by atoms with Crippen molar-refractivity contribution in [2.45, 2.75) is 33.2 Å². The molecule has 0 spiro atoms. The lowest BCUT2D eigenvalue weighted by Gasteiger charge is -2.13. The van der Waals surface area contributed by atoms with Crippen molar-refractivity contribution in [3.63, 3.8) is 0 Å². The van der Waals surface area contributed by atoms with E-state index in [1.165, 1.54) is 0 Å². The number of carbonyl (C=O) groups excluding carboxylic acids is 2. The first-order chi connectivity index (χ1) is 14.4. The van der Waals surface area contributed by atoms with E-state index in [0.29, 0.717) is 23.3 Å². The highest BCUT2D eigenvalue weighted by Gasteiger charge is 2.15. The molecule has 9 heteroatoms. The molecule has 0 bridgehead atoms. The van der Waals surface area contributed by atoms with Gasteiger partial charge in [-0.05, 0) is 36.6 Å². The molecule has 2 aromatic heterocycles. The fourth-order valence-electron chi connectivity index (χ4n) is 3.15. The number of nitrogens with zero attached hydrogens (tertiary/aromatic N) is 3. The van der Waals surface area contributed by atoms with E-state index in [-0.39, 0.29) is 30.1 Å². The molecule has 0 radical (unpaired) electrons. The van der Waals surface area contributed by atoms with Gasteiger partial charge in [0.15, 0.2) is 0 Å². The van der Waals surface area contributed by atoms with Gasteiger partial charge in [0.05, 0.1) is 17.6 Å². The second-order valence-electron chi connectivity index (χ2n) is 6.88. The smallest absolute Gasteiger partial charge is 0.345 e. The van der Waals surface area contributed by atoms with Crippen LogP contribution in [0.2, 0.25) is 0 Å². The summed E-state index contributed by atoms with van der Waals surface area (Å²) in [5.41, 5.74) is 7.97. The lowest BCUT2D eigenvalue weighted by molar-refractivity contribution is -0.123. The summed E-state index contributed by atoms with van der Waals surface area (Å²) in [6, 6.07) is 6.49. The van der Waals surface area contributed by atoms with E-state index in [0.717, 1.165) is 24.0 Å². The summed E-state index contributed by atoms with van der Waals surface area (Å²) in [6.45, 7) is 4.99. The lowest BCUT2D eigenvalue weighted by Crippen LogP contribution is -2.23. The summed E-state index contributed by atoms with van der Waals surface area (Å²) < 4.78 is 5.90. The van der Waals surface area contributed by atoms with Gasteiger partial charge in [-0.1, -0.05) is 25.5 Å². The molecule has 3 N–H and O–H groups in total. The van der Waals surface area contributed by atoms with E-state index in [4.69, 9.17) is 5.73 Å². The number of rotatable bonds is 8. The summed E-state index contributed by atoms with van der Waals surface area (Å²) in [6.07, 6.45) is 3.66. The van der Waals surface area contributed by atoms with Gasteiger partial charge in [0.25, 0.3) is 5.56 Å². The molecule has 0 amide bonds. The highest BCUT2D eigenvalue weighted by atomic mass is 16.6. The molecule has 156 valence electrons. The summed E-state index contributed by atoms with van der Waals surface area (Å²) in [4.78, 5) is 43.6. The van der Waals surface area contributed by atoms with Gasteiger partial charge in [-0.25, -0.2) is 9.78 Å². The van der Waals surface area contributed by atoms with Crippen LogP contribution in [0.1, 0.15) is 41.3 Å². The molecule has 0 aliphatic carbocycles. The zero-order valence-corrected chi connectivity index (χ0v) is 16.8. The first kappa shape index (κ1) is 21.0. The Morgan fingerprint density at radius 2 is 2.00 bits per heavy atom. The summed E-state index contributed by atoms with van der Waals surface area (Å²) in [5.74, 6) is -0.187. The fourth-order valence-corrected chi connectivity index (χ4v) is 3.15. The fraction of sp³-hybridized carbons (Fsp3) is 0.286. The van der Waals surface area contributed by atoms with Crippen LogP contribution in [0.5, 0.6) is 0 Å². The number of nitrogens with one attached hydrogen (secondary N) is 1. The predicted octanol–water partition coefficient (Wildman–Crippen LogP) is 2.26. The van der Waals surface area contributed by atoms with Gasteiger partial charge in [0.1, 0.15) is 11.2 Å². The third-order valence-electron chi connectivity index (χ3n) is 4.64. The van der Waals surface area contributed by atoms with Crippen molar-refractivity contribution in [2.75, 3.05) is 17.6 Å². The molecule has 2 heterocycles. The van der Waals surface area contributed by atoms with E-state index < -0.39 is 5.97 Å². The Bertz CT molecular complexity index is 1140. The molecule has 0 aliphatic heterocycles. The van der Waals surface area contributed by atoms with Gasteiger partial charge >= 0.3 is 12.4 Å². The van der Waals surface area contributed by atoms with Gasteiger partial charge in [-0.3, -0.25) is 9.59 Å². The summed E-state index contributed by atoms with van der Waals surface area (Å²) in [7, 11) is 0. The average Bonchev–Trinajstić information content (AvgIpc) is 2.72. The third kappa shape index (κ3) is 4.45. The minimum absolute atomic E-state index is 0.0919. The largest absolute Gasteiger partial charge is 0.392 e. The van der Waals surface area contributed by atoms with Crippen LogP contribution >= 0.6 is 0 Å². The van der Waals surface area contributed by atoms with Crippen LogP contribution in [0, 0.1) is 6.92 Å². The molecule has 0 unspecified atom stereocenters. The van der Waals surface area contributed by atoms with E-state index in [2.05, 4.69) is 26.9 Å². The van der Waals surface area contributed by atoms with Gasteiger partial charge < -0.3 is 20.4 Å². The summed E-state index contributed by atoms with van der Waals surface area (Å²) >= 11 is 0. The Kier molecular flexibility index (Phi) is 6.41. The lowest BCUT2D eigenvalue weighted by atomic mass is 10.1. The number of pyridine rings is 1. The molecule has 3 aromatic rings. The Morgan fingerprint density at radius 1 is 1.27 bits per heavy atom. The van der Waals surface area contributed by atoms with Crippen molar-refractivity contribution in [2.24, 2.45) is 0 Å². The number of ether oxygens (including phenoxy) is 1. The number of aryl methyl sites for hydroxylation is 1. The molecule has 0 fully saturated rings. The highest BCUT2D eigenvalue weighted by Crippen LogP contribution is 2.21. The SMILES string of the molecule is CCCCNc1nc(N)nc2c(C)cn(Cc3ccc(C(=O)OC=O)cc3)c(=O)c12. The molecule has 30 heavy (non-hydrogen) atoms. The van der Waals surface area contributed by atoms with Crippen molar-refractivity contribution in [3.05, 3.63) is 57.5 Å². The molecule has 0 saturated carbocycles. The van der Waals surface area contributed by atoms with E-state index in [9.17, 15) is 14.4 Å². The Balaban J connectivity index is 1.98. The standard InChI is InChI=1S/C21H23N5O4/c1-3-4-9-23-18-16-17(24-21(22)25-18)13(2)10-26(19(16)28)11-14-5-7-15(8-6-14)20(29)30-12-27/h5-8,10,12H,3-4,9,11H2,1-2H3,(H3,22,23,24,25). The zero-order valence-electron chi connectivity index (χ0n) is 16.8. The number of nitrogens with two attached hydrogens (primary N) is 1. The normalized spacial score (nSPS) is 10.7. The number of nitrogen functional groups attached to an aromatic ring is 1. The number of anilines is 2. The van der Waals surface area contributed by atoms with Crippen molar-refractivity contribution >= 4 is 35.1 Å². The number of esters is 1. The maximum atomic E-state index is 13.2. The molecule has 9 nitrogen and oxygen atoms in total. The van der Waals surface area contributed by atoms with Crippen molar-refractivity contribution < 1.29 is 14.3 Å².